The molecule has 0 saturated carbocycles. The van der Waals surface area contributed by atoms with E-state index in [2.05, 4.69) is 39.9 Å². The van der Waals surface area contributed by atoms with Crippen molar-refractivity contribution in [2.45, 2.75) is 13.0 Å². The molecular formula is C8H10INS. The van der Waals surface area contributed by atoms with Crippen LogP contribution in [0.5, 0.6) is 0 Å². The van der Waals surface area contributed by atoms with Crippen LogP contribution in [-0.4, -0.2) is 18.5 Å². The minimum atomic E-state index is 1.16. The van der Waals surface area contributed by atoms with Gasteiger partial charge in [0.2, 0.25) is 0 Å². The fourth-order valence-corrected chi connectivity index (χ4v) is 3.61. The van der Waals surface area contributed by atoms with Crippen LogP contribution in [-0.2, 0) is 13.0 Å². The lowest BCUT2D eigenvalue weighted by molar-refractivity contribution is 0.316. The van der Waals surface area contributed by atoms with Crippen LogP contribution >= 0.6 is 33.9 Å². The average Bonchev–Trinajstić information content (AvgIpc) is 2.32. The van der Waals surface area contributed by atoms with Crippen molar-refractivity contribution in [3.05, 3.63) is 19.4 Å². The summed E-state index contributed by atoms with van der Waals surface area (Å²) in [7, 11) is 2.19. The molecule has 0 aromatic carbocycles. The molecule has 0 saturated heterocycles. The first-order chi connectivity index (χ1) is 5.27. The highest BCUT2D eigenvalue weighted by molar-refractivity contribution is 14.1. The Morgan fingerprint density at radius 2 is 2.45 bits per heavy atom. The van der Waals surface area contributed by atoms with Crippen LogP contribution in [0.25, 0.3) is 0 Å². The van der Waals surface area contributed by atoms with Crippen LogP contribution in [0.4, 0.5) is 0 Å². The van der Waals surface area contributed by atoms with Crippen molar-refractivity contribution in [1.82, 2.24) is 4.90 Å². The summed E-state index contributed by atoms with van der Waals surface area (Å²) in [5, 5.41) is 2.27. The standard InChI is InChI=1S/C8H10INS/c1-10-3-2-6-7(9)5-11-8(6)4-10/h5H,2-4H2,1H3. The summed E-state index contributed by atoms with van der Waals surface area (Å²) in [6.45, 7) is 2.38. The molecule has 0 bridgehead atoms. The van der Waals surface area contributed by atoms with Gasteiger partial charge in [-0.1, -0.05) is 0 Å². The zero-order chi connectivity index (χ0) is 7.84. The maximum absolute atomic E-state index is 2.44. The molecule has 2 heterocycles. The van der Waals surface area contributed by atoms with Crippen molar-refractivity contribution in [3.8, 4) is 0 Å². The van der Waals surface area contributed by atoms with Crippen molar-refractivity contribution >= 4 is 33.9 Å². The first-order valence-corrected chi connectivity index (χ1v) is 5.66. The molecule has 0 atom stereocenters. The Labute approximate surface area is 84.5 Å². The van der Waals surface area contributed by atoms with Crippen LogP contribution < -0.4 is 0 Å². The van der Waals surface area contributed by atoms with E-state index in [1.54, 1.807) is 10.4 Å². The maximum Gasteiger partial charge on any atom is 0.0328 e. The second-order valence-corrected chi connectivity index (χ2v) is 5.10. The van der Waals surface area contributed by atoms with Gasteiger partial charge in [-0.2, -0.15) is 0 Å². The van der Waals surface area contributed by atoms with Gasteiger partial charge in [-0.15, -0.1) is 11.3 Å². The molecule has 1 aliphatic rings. The van der Waals surface area contributed by atoms with E-state index >= 15 is 0 Å². The number of hydrogen-bond acceptors (Lipinski definition) is 2. The van der Waals surface area contributed by atoms with Gasteiger partial charge in [0.25, 0.3) is 0 Å². The number of fused-ring (bicyclic) bond motifs is 1. The smallest absolute Gasteiger partial charge is 0.0328 e. The Morgan fingerprint density at radius 1 is 1.64 bits per heavy atom. The van der Waals surface area contributed by atoms with E-state index in [-0.39, 0.29) is 0 Å². The summed E-state index contributed by atoms with van der Waals surface area (Å²) in [6, 6.07) is 0. The number of nitrogens with zero attached hydrogens (tertiary/aromatic N) is 1. The summed E-state index contributed by atoms with van der Waals surface area (Å²) in [5.41, 5.74) is 1.61. The zero-order valence-electron chi connectivity index (χ0n) is 6.43. The van der Waals surface area contributed by atoms with Gasteiger partial charge in [0.15, 0.2) is 0 Å². The normalized spacial score (nSPS) is 18.4. The molecule has 0 fully saturated rings. The topological polar surface area (TPSA) is 3.24 Å². The van der Waals surface area contributed by atoms with E-state index in [0.717, 1.165) is 6.54 Å². The van der Waals surface area contributed by atoms with Gasteiger partial charge < -0.3 is 4.90 Å². The Kier molecular flexibility index (Phi) is 2.21. The summed E-state index contributed by atoms with van der Waals surface area (Å²) in [6.07, 6.45) is 1.24. The molecular weight excluding hydrogens is 269 g/mol. The van der Waals surface area contributed by atoms with Crippen LogP contribution in [0.2, 0.25) is 0 Å². The molecule has 1 aromatic rings. The zero-order valence-corrected chi connectivity index (χ0v) is 9.41. The van der Waals surface area contributed by atoms with Gasteiger partial charge in [0.05, 0.1) is 0 Å². The summed E-state index contributed by atoms with van der Waals surface area (Å²) in [5.74, 6) is 0. The lowest BCUT2D eigenvalue weighted by Gasteiger charge is -2.22. The molecule has 0 radical (unpaired) electrons. The average molecular weight is 279 g/mol. The predicted octanol–water partition coefficient (Wildman–Crippen LogP) is 2.34. The summed E-state index contributed by atoms with van der Waals surface area (Å²) < 4.78 is 1.47. The highest BCUT2D eigenvalue weighted by Gasteiger charge is 2.16. The quantitative estimate of drug-likeness (QED) is 0.659. The van der Waals surface area contributed by atoms with Crippen molar-refractivity contribution in [1.29, 1.82) is 0 Å². The minimum Gasteiger partial charge on any atom is -0.301 e. The highest BCUT2D eigenvalue weighted by atomic mass is 127. The van der Waals surface area contributed by atoms with Crippen molar-refractivity contribution in [2.24, 2.45) is 0 Å². The van der Waals surface area contributed by atoms with Gasteiger partial charge in [-0.25, -0.2) is 0 Å². The fourth-order valence-electron chi connectivity index (χ4n) is 1.42. The van der Waals surface area contributed by atoms with E-state index in [0.29, 0.717) is 0 Å². The van der Waals surface area contributed by atoms with Crippen LogP contribution in [0, 0.1) is 3.57 Å². The van der Waals surface area contributed by atoms with Gasteiger partial charge >= 0.3 is 0 Å². The van der Waals surface area contributed by atoms with Crippen molar-refractivity contribution in [3.63, 3.8) is 0 Å². The van der Waals surface area contributed by atoms with Gasteiger partial charge in [-0.3, -0.25) is 0 Å². The first-order valence-electron chi connectivity index (χ1n) is 3.70. The predicted molar refractivity (Wildman–Crippen MR) is 57.1 cm³/mol. The third-order valence-corrected chi connectivity index (χ3v) is 4.49. The number of rotatable bonds is 0. The number of halogens is 1. The number of thiophene rings is 1. The van der Waals surface area contributed by atoms with E-state index in [1.807, 2.05) is 11.3 Å². The second-order valence-electron chi connectivity index (χ2n) is 2.97. The second kappa shape index (κ2) is 3.03. The molecule has 0 N–H and O–H groups in total. The molecule has 0 amide bonds. The van der Waals surface area contributed by atoms with Gasteiger partial charge in [-0.05, 0) is 41.6 Å². The molecule has 11 heavy (non-hydrogen) atoms. The lowest BCUT2D eigenvalue weighted by Crippen LogP contribution is -2.25. The molecule has 1 aromatic heterocycles. The first kappa shape index (κ1) is 8.01. The minimum absolute atomic E-state index is 1.16. The number of hydrogen-bond donors (Lipinski definition) is 0. The Balaban J connectivity index is 2.36. The van der Waals surface area contributed by atoms with Crippen molar-refractivity contribution < 1.29 is 0 Å². The molecule has 2 rings (SSSR count). The molecule has 0 unspecified atom stereocenters. The highest BCUT2D eigenvalue weighted by Crippen LogP contribution is 2.28. The third-order valence-electron chi connectivity index (χ3n) is 2.09. The van der Waals surface area contributed by atoms with E-state index in [1.165, 1.54) is 16.5 Å². The summed E-state index contributed by atoms with van der Waals surface area (Å²) >= 11 is 4.34. The van der Waals surface area contributed by atoms with Crippen LogP contribution in [0.3, 0.4) is 0 Å². The molecule has 3 heteroatoms. The molecule has 60 valence electrons. The molecule has 1 nitrogen and oxygen atoms in total. The Morgan fingerprint density at radius 3 is 3.27 bits per heavy atom. The largest absolute Gasteiger partial charge is 0.301 e. The van der Waals surface area contributed by atoms with E-state index < -0.39 is 0 Å². The van der Waals surface area contributed by atoms with Gasteiger partial charge in [0.1, 0.15) is 0 Å². The van der Waals surface area contributed by atoms with Crippen LogP contribution in [0.1, 0.15) is 10.4 Å². The third kappa shape index (κ3) is 1.46. The Bertz CT molecular complexity index is 269. The van der Waals surface area contributed by atoms with E-state index in [9.17, 15) is 0 Å². The van der Waals surface area contributed by atoms with Crippen molar-refractivity contribution in [2.75, 3.05) is 13.6 Å². The lowest BCUT2D eigenvalue weighted by atomic mass is 10.1. The molecule has 1 aliphatic heterocycles. The van der Waals surface area contributed by atoms with E-state index in [4.69, 9.17) is 0 Å². The van der Waals surface area contributed by atoms with Crippen LogP contribution in [0.15, 0.2) is 5.38 Å². The number of likely N-dealkylation sites (N-methyl/N-ethyl adjacent to an activating group) is 1. The maximum atomic E-state index is 2.44. The monoisotopic (exact) mass is 279 g/mol. The Hall–Kier alpha value is 0.390. The SMILES string of the molecule is CN1CCc2c(I)csc2C1. The molecule has 0 spiro atoms. The molecule has 0 aliphatic carbocycles. The van der Waals surface area contributed by atoms with Gasteiger partial charge in [0, 0.05) is 26.9 Å². The summed E-state index contributed by atoms with van der Waals surface area (Å²) in [4.78, 5) is 3.96. The fraction of sp³-hybridized carbons (Fsp3) is 0.500.